The first-order valence-corrected chi connectivity index (χ1v) is 3.92. The van der Waals surface area contributed by atoms with E-state index in [1.165, 1.54) is 0 Å². The summed E-state index contributed by atoms with van der Waals surface area (Å²) in [6, 6.07) is 0. The highest BCUT2D eigenvalue weighted by Crippen LogP contribution is 2.16. The third-order valence-electron chi connectivity index (χ3n) is 1.05. The molecule has 0 unspecified atom stereocenters. The number of hydrogen-bond acceptors (Lipinski definition) is 2. The summed E-state index contributed by atoms with van der Waals surface area (Å²) in [5.41, 5.74) is 0. The van der Waals surface area contributed by atoms with Gasteiger partial charge in [-0.15, -0.1) is 11.8 Å². The minimum absolute atomic E-state index is 0.893. The lowest BCUT2D eigenvalue weighted by Crippen LogP contribution is -2.00. The zero-order valence-corrected chi connectivity index (χ0v) is 5.83. The molecular formula is C6H10OS. The van der Waals surface area contributed by atoms with E-state index in [0.29, 0.717) is 0 Å². The fourth-order valence-corrected chi connectivity index (χ4v) is 1.31. The van der Waals surface area contributed by atoms with Crippen LogP contribution in [0.15, 0.2) is 11.2 Å². The molecule has 1 aliphatic heterocycles. The lowest BCUT2D eigenvalue weighted by molar-refractivity contribution is 0.222. The van der Waals surface area contributed by atoms with Crippen LogP contribution in [0.3, 0.4) is 0 Å². The van der Waals surface area contributed by atoms with Crippen molar-refractivity contribution in [2.45, 2.75) is 13.3 Å². The van der Waals surface area contributed by atoms with Crippen LogP contribution in [0.5, 0.6) is 0 Å². The average molecular weight is 130 g/mol. The fourth-order valence-electron chi connectivity index (χ4n) is 0.592. The molecule has 8 heavy (non-hydrogen) atoms. The molecule has 2 heteroatoms. The van der Waals surface area contributed by atoms with Crippen LogP contribution >= 0.6 is 11.8 Å². The Morgan fingerprint density at radius 3 is 3.12 bits per heavy atom. The van der Waals surface area contributed by atoms with Crippen molar-refractivity contribution in [3.63, 3.8) is 0 Å². The lowest BCUT2D eigenvalue weighted by Gasteiger charge is -2.11. The SMILES string of the molecule is CCC1=CSCCO1. The Morgan fingerprint density at radius 1 is 1.88 bits per heavy atom. The van der Waals surface area contributed by atoms with Crippen molar-refractivity contribution in [3.05, 3.63) is 11.2 Å². The summed E-state index contributed by atoms with van der Waals surface area (Å²) in [4.78, 5) is 0. The number of thioether (sulfide) groups is 1. The van der Waals surface area contributed by atoms with Gasteiger partial charge in [0.15, 0.2) is 0 Å². The predicted molar refractivity (Wildman–Crippen MR) is 36.8 cm³/mol. The number of ether oxygens (including phenoxy) is 1. The van der Waals surface area contributed by atoms with E-state index < -0.39 is 0 Å². The van der Waals surface area contributed by atoms with Gasteiger partial charge in [-0.25, -0.2) is 0 Å². The molecule has 46 valence electrons. The first-order valence-electron chi connectivity index (χ1n) is 2.87. The van der Waals surface area contributed by atoms with E-state index in [-0.39, 0.29) is 0 Å². The standard InChI is InChI=1S/C6H10OS/c1-2-6-5-8-4-3-7-6/h5H,2-4H2,1H3. The van der Waals surface area contributed by atoms with Gasteiger partial charge in [-0.05, 0) is 0 Å². The normalized spacial score (nSPS) is 19.4. The second kappa shape index (κ2) is 3.02. The van der Waals surface area contributed by atoms with Crippen molar-refractivity contribution >= 4 is 11.8 Å². The van der Waals surface area contributed by atoms with Crippen LogP contribution < -0.4 is 0 Å². The minimum atomic E-state index is 0.893. The molecule has 0 atom stereocenters. The van der Waals surface area contributed by atoms with E-state index in [9.17, 15) is 0 Å². The maximum atomic E-state index is 5.27. The van der Waals surface area contributed by atoms with Gasteiger partial charge in [0.05, 0.1) is 6.61 Å². The van der Waals surface area contributed by atoms with Gasteiger partial charge >= 0.3 is 0 Å². The van der Waals surface area contributed by atoms with E-state index in [1.54, 1.807) is 0 Å². The van der Waals surface area contributed by atoms with Crippen molar-refractivity contribution in [1.29, 1.82) is 0 Å². The fraction of sp³-hybridized carbons (Fsp3) is 0.667. The maximum absolute atomic E-state index is 5.27. The van der Waals surface area contributed by atoms with E-state index in [0.717, 1.165) is 24.5 Å². The van der Waals surface area contributed by atoms with Gasteiger partial charge < -0.3 is 4.74 Å². The van der Waals surface area contributed by atoms with Crippen LogP contribution in [-0.4, -0.2) is 12.4 Å². The Bertz CT molecular complexity index is 98.7. The van der Waals surface area contributed by atoms with Crippen molar-refractivity contribution < 1.29 is 4.74 Å². The molecule has 0 aromatic heterocycles. The van der Waals surface area contributed by atoms with E-state index in [4.69, 9.17) is 4.74 Å². The molecule has 0 saturated heterocycles. The molecule has 0 radical (unpaired) electrons. The first-order chi connectivity index (χ1) is 3.93. The van der Waals surface area contributed by atoms with Crippen LogP contribution in [-0.2, 0) is 4.74 Å². The third-order valence-corrected chi connectivity index (χ3v) is 1.88. The van der Waals surface area contributed by atoms with Gasteiger partial charge in [0.25, 0.3) is 0 Å². The average Bonchev–Trinajstić information content (AvgIpc) is 1.90. The van der Waals surface area contributed by atoms with E-state index in [2.05, 4.69) is 12.3 Å². The van der Waals surface area contributed by atoms with Gasteiger partial charge in [-0.1, -0.05) is 6.92 Å². The molecule has 0 saturated carbocycles. The van der Waals surface area contributed by atoms with Crippen molar-refractivity contribution in [2.24, 2.45) is 0 Å². The van der Waals surface area contributed by atoms with Crippen LogP contribution in [0, 0.1) is 0 Å². The van der Waals surface area contributed by atoms with E-state index >= 15 is 0 Å². The summed E-state index contributed by atoms with van der Waals surface area (Å²) in [6.07, 6.45) is 1.03. The van der Waals surface area contributed by atoms with Gasteiger partial charge in [0.1, 0.15) is 5.76 Å². The Morgan fingerprint density at radius 2 is 2.75 bits per heavy atom. The van der Waals surface area contributed by atoms with Gasteiger partial charge in [-0.2, -0.15) is 0 Å². The van der Waals surface area contributed by atoms with Gasteiger partial charge in [-0.3, -0.25) is 0 Å². The molecule has 1 aliphatic rings. The smallest absolute Gasteiger partial charge is 0.102 e. The van der Waals surface area contributed by atoms with E-state index in [1.807, 2.05) is 11.8 Å². The van der Waals surface area contributed by atoms with Crippen LogP contribution in [0.25, 0.3) is 0 Å². The summed E-state index contributed by atoms with van der Waals surface area (Å²) < 4.78 is 5.27. The molecule has 0 aromatic rings. The quantitative estimate of drug-likeness (QED) is 0.537. The van der Waals surface area contributed by atoms with Crippen LogP contribution in [0.4, 0.5) is 0 Å². The third kappa shape index (κ3) is 1.44. The van der Waals surface area contributed by atoms with Crippen molar-refractivity contribution in [1.82, 2.24) is 0 Å². The Labute approximate surface area is 54.1 Å². The van der Waals surface area contributed by atoms with Gasteiger partial charge in [0, 0.05) is 17.6 Å². The van der Waals surface area contributed by atoms with Crippen LogP contribution in [0.2, 0.25) is 0 Å². The molecular weight excluding hydrogens is 120 g/mol. The van der Waals surface area contributed by atoms with Crippen LogP contribution in [0.1, 0.15) is 13.3 Å². The van der Waals surface area contributed by atoms with Crippen molar-refractivity contribution in [3.8, 4) is 0 Å². The zero-order valence-electron chi connectivity index (χ0n) is 5.02. The zero-order chi connectivity index (χ0) is 5.82. The number of hydrogen-bond donors (Lipinski definition) is 0. The highest BCUT2D eigenvalue weighted by Gasteiger charge is 1.99. The molecule has 1 nitrogen and oxygen atoms in total. The summed E-state index contributed by atoms with van der Waals surface area (Å²) in [6.45, 7) is 3.00. The molecule has 0 aromatic carbocycles. The molecule has 0 bridgehead atoms. The summed E-state index contributed by atoms with van der Waals surface area (Å²) in [5.74, 6) is 2.25. The summed E-state index contributed by atoms with van der Waals surface area (Å²) in [7, 11) is 0. The Kier molecular flexibility index (Phi) is 2.27. The molecule has 0 spiro atoms. The topological polar surface area (TPSA) is 9.23 Å². The predicted octanol–water partition coefficient (Wildman–Crippen LogP) is 2.00. The first kappa shape index (κ1) is 6.02. The molecule has 0 N–H and O–H groups in total. The molecule has 1 heterocycles. The highest BCUT2D eigenvalue weighted by atomic mass is 32.2. The largest absolute Gasteiger partial charge is 0.497 e. The number of allylic oxidation sites excluding steroid dienone is 1. The molecule has 1 rings (SSSR count). The number of rotatable bonds is 1. The lowest BCUT2D eigenvalue weighted by atomic mass is 10.4. The molecule has 0 aliphatic carbocycles. The molecule has 0 fully saturated rings. The molecule has 0 amide bonds. The van der Waals surface area contributed by atoms with Crippen molar-refractivity contribution in [2.75, 3.05) is 12.4 Å². The summed E-state index contributed by atoms with van der Waals surface area (Å²) >= 11 is 1.84. The second-order valence-corrected chi connectivity index (χ2v) is 2.63. The Hall–Kier alpha value is -0.110. The van der Waals surface area contributed by atoms with Gasteiger partial charge in [0.2, 0.25) is 0 Å². The minimum Gasteiger partial charge on any atom is -0.497 e. The Balaban J connectivity index is 2.37. The monoisotopic (exact) mass is 130 g/mol. The summed E-state index contributed by atoms with van der Waals surface area (Å²) in [5, 5.41) is 2.10. The maximum Gasteiger partial charge on any atom is 0.102 e. The highest BCUT2D eigenvalue weighted by molar-refractivity contribution is 8.02. The second-order valence-electron chi connectivity index (χ2n) is 1.66.